The lowest BCUT2D eigenvalue weighted by Gasteiger charge is -2.15. The van der Waals surface area contributed by atoms with Gasteiger partial charge in [0.25, 0.3) is 0 Å². The van der Waals surface area contributed by atoms with Gasteiger partial charge in [-0.3, -0.25) is 4.79 Å². The van der Waals surface area contributed by atoms with Gasteiger partial charge in [-0.1, -0.05) is 30.3 Å². The minimum Gasteiger partial charge on any atom is -0.493 e. The lowest BCUT2D eigenvalue weighted by atomic mass is 10.0. The number of benzene rings is 2. The molecule has 4 nitrogen and oxygen atoms in total. The Labute approximate surface area is 143 Å². The van der Waals surface area contributed by atoms with E-state index in [-0.39, 0.29) is 11.9 Å². The van der Waals surface area contributed by atoms with Crippen molar-refractivity contribution >= 4 is 12.0 Å². The van der Waals surface area contributed by atoms with E-state index >= 15 is 0 Å². The predicted octanol–water partition coefficient (Wildman–Crippen LogP) is 3.90. The minimum atomic E-state index is -0.138. The van der Waals surface area contributed by atoms with Crippen molar-refractivity contribution in [3.8, 4) is 11.5 Å². The third-order valence-corrected chi connectivity index (χ3v) is 3.85. The van der Waals surface area contributed by atoms with Crippen LogP contribution in [0.4, 0.5) is 0 Å². The van der Waals surface area contributed by atoms with Crippen LogP contribution < -0.4 is 14.8 Å². The summed E-state index contributed by atoms with van der Waals surface area (Å²) < 4.78 is 10.5. The zero-order valence-corrected chi connectivity index (χ0v) is 14.5. The van der Waals surface area contributed by atoms with Crippen LogP contribution in [0.1, 0.15) is 29.7 Å². The quantitative estimate of drug-likeness (QED) is 0.819. The van der Waals surface area contributed by atoms with E-state index in [2.05, 4.69) is 5.32 Å². The van der Waals surface area contributed by atoms with E-state index < -0.39 is 0 Å². The number of hydrogen-bond acceptors (Lipinski definition) is 3. The molecule has 1 N–H and O–H groups in total. The van der Waals surface area contributed by atoms with E-state index in [1.807, 2.05) is 56.3 Å². The molecule has 126 valence electrons. The van der Waals surface area contributed by atoms with Gasteiger partial charge in [0, 0.05) is 6.08 Å². The van der Waals surface area contributed by atoms with E-state index in [9.17, 15) is 4.79 Å². The van der Waals surface area contributed by atoms with Crippen molar-refractivity contribution in [2.45, 2.75) is 19.9 Å². The maximum absolute atomic E-state index is 12.1. The molecule has 0 saturated heterocycles. The van der Waals surface area contributed by atoms with Gasteiger partial charge in [-0.2, -0.15) is 0 Å². The summed E-state index contributed by atoms with van der Waals surface area (Å²) in [4.78, 5) is 12.1. The number of hydrogen-bond donors (Lipinski definition) is 1. The third kappa shape index (κ3) is 4.38. The number of rotatable bonds is 6. The lowest BCUT2D eigenvalue weighted by molar-refractivity contribution is -0.117. The van der Waals surface area contributed by atoms with Crippen molar-refractivity contribution in [3.05, 3.63) is 65.2 Å². The van der Waals surface area contributed by atoms with E-state index in [1.54, 1.807) is 20.3 Å². The second-order valence-corrected chi connectivity index (χ2v) is 5.53. The highest BCUT2D eigenvalue weighted by molar-refractivity contribution is 5.92. The first-order valence-corrected chi connectivity index (χ1v) is 7.81. The number of amides is 1. The molecule has 0 radical (unpaired) electrons. The van der Waals surface area contributed by atoms with Gasteiger partial charge < -0.3 is 14.8 Å². The Morgan fingerprint density at radius 2 is 1.79 bits per heavy atom. The summed E-state index contributed by atoms with van der Waals surface area (Å²) in [6.45, 7) is 4.02. The molecule has 0 bridgehead atoms. The molecular weight excluding hydrogens is 302 g/mol. The number of carbonyl (C=O) groups excluding carboxylic acids is 1. The second-order valence-electron chi connectivity index (χ2n) is 5.53. The van der Waals surface area contributed by atoms with Crippen LogP contribution in [0.2, 0.25) is 0 Å². The molecule has 0 aliphatic carbocycles. The predicted molar refractivity (Wildman–Crippen MR) is 96.3 cm³/mol. The topological polar surface area (TPSA) is 47.6 Å². The fourth-order valence-corrected chi connectivity index (χ4v) is 2.54. The summed E-state index contributed by atoms with van der Waals surface area (Å²) in [6, 6.07) is 13.5. The molecule has 0 aliphatic heterocycles. The maximum Gasteiger partial charge on any atom is 0.244 e. The highest BCUT2D eigenvalue weighted by Crippen LogP contribution is 2.28. The molecule has 1 atom stereocenters. The fraction of sp³-hybridized carbons (Fsp3) is 0.250. The van der Waals surface area contributed by atoms with E-state index in [4.69, 9.17) is 9.47 Å². The number of carbonyl (C=O) groups is 1. The van der Waals surface area contributed by atoms with Crippen molar-refractivity contribution < 1.29 is 14.3 Å². The first-order chi connectivity index (χ1) is 11.5. The molecule has 24 heavy (non-hydrogen) atoms. The Kier molecular flexibility index (Phi) is 6.01. The summed E-state index contributed by atoms with van der Waals surface area (Å²) in [5, 5.41) is 2.98. The SMILES string of the molecule is COc1ccc(/C=C/C(=O)NC(C)c2ccccc2C)cc1OC. The van der Waals surface area contributed by atoms with Crippen LogP contribution in [0.25, 0.3) is 6.08 Å². The van der Waals surface area contributed by atoms with E-state index in [0.29, 0.717) is 11.5 Å². The Bertz CT molecular complexity index is 737. The van der Waals surface area contributed by atoms with Crippen molar-refractivity contribution in [1.82, 2.24) is 5.32 Å². The molecule has 0 saturated carbocycles. The highest BCUT2D eigenvalue weighted by Gasteiger charge is 2.09. The standard InChI is InChI=1S/C20H23NO3/c1-14-7-5-6-8-17(14)15(2)21-20(22)12-10-16-9-11-18(23-3)19(13-16)24-4/h5-13,15H,1-4H3,(H,21,22)/b12-10+. The van der Waals surface area contributed by atoms with Gasteiger partial charge >= 0.3 is 0 Å². The van der Waals surface area contributed by atoms with Crippen LogP contribution in [0.15, 0.2) is 48.5 Å². The largest absolute Gasteiger partial charge is 0.493 e. The van der Waals surface area contributed by atoms with Gasteiger partial charge in [0.15, 0.2) is 11.5 Å². The van der Waals surface area contributed by atoms with Gasteiger partial charge in [0.1, 0.15) is 0 Å². The molecule has 0 aromatic heterocycles. The van der Waals surface area contributed by atoms with Crippen LogP contribution in [-0.2, 0) is 4.79 Å². The molecule has 4 heteroatoms. The van der Waals surface area contributed by atoms with Crippen LogP contribution in [-0.4, -0.2) is 20.1 Å². The fourth-order valence-electron chi connectivity index (χ4n) is 2.54. The smallest absolute Gasteiger partial charge is 0.244 e. The molecule has 1 amide bonds. The van der Waals surface area contributed by atoms with Gasteiger partial charge in [-0.25, -0.2) is 0 Å². The van der Waals surface area contributed by atoms with Gasteiger partial charge in [-0.15, -0.1) is 0 Å². The van der Waals surface area contributed by atoms with Crippen molar-refractivity contribution in [3.63, 3.8) is 0 Å². The Morgan fingerprint density at radius 1 is 1.08 bits per heavy atom. The first kappa shape index (κ1) is 17.6. The second kappa shape index (κ2) is 8.20. The lowest BCUT2D eigenvalue weighted by Crippen LogP contribution is -2.25. The third-order valence-electron chi connectivity index (χ3n) is 3.85. The molecule has 1 unspecified atom stereocenters. The summed E-state index contributed by atoms with van der Waals surface area (Å²) in [7, 11) is 3.18. The van der Waals surface area contributed by atoms with E-state index in [0.717, 1.165) is 16.7 Å². The van der Waals surface area contributed by atoms with Crippen molar-refractivity contribution in [2.75, 3.05) is 14.2 Å². The molecular formula is C20H23NO3. The number of nitrogens with one attached hydrogen (secondary N) is 1. The normalized spacial score (nSPS) is 12.0. The molecule has 0 spiro atoms. The summed E-state index contributed by atoms with van der Waals surface area (Å²) in [6.07, 6.45) is 3.28. The van der Waals surface area contributed by atoms with Crippen LogP contribution in [0, 0.1) is 6.92 Å². The average molecular weight is 325 g/mol. The van der Waals surface area contributed by atoms with Crippen molar-refractivity contribution in [1.29, 1.82) is 0 Å². The summed E-state index contributed by atoms with van der Waals surface area (Å²) in [5.74, 6) is 1.15. The molecule has 2 aromatic carbocycles. The number of methoxy groups -OCH3 is 2. The van der Waals surface area contributed by atoms with Crippen molar-refractivity contribution in [2.24, 2.45) is 0 Å². The molecule has 2 rings (SSSR count). The molecule has 0 heterocycles. The number of ether oxygens (including phenoxy) is 2. The Balaban J connectivity index is 2.04. The summed E-state index contributed by atoms with van der Waals surface area (Å²) in [5.41, 5.74) is 3.14. The van der Waals surface area contributed by atoms with Gasteiger partial charge in [0.2, 0.25) is 5.91 Å². The zero-order valence-electron chi connectivity index (χ0n) is 14.5. The van der Waals surface area contributed by atoms with E-state index in [1.165, 1.54) is 6.08 Å². The summed E-state index contributed by atoms with van der Waals surface area (Å²) >= 11 is 0. The average Bonchev–Trinajstić information content (AvgIpc) is 2.59. The molecule has 0 fully saturated rings. The van der Waals surface area contributed by atoms with Crippen LogP contribution in [0.5, 0.6) is 11.5 Å². The van der Waals surface area contributed by atoms with Gasteiger partial charge in [-0.05, 0) is 48.7 Å². The maximum atomic E-state index is 12.1. The highest BCUT2D eigenvalue weighted by atomic mass is 16.5. The van der Waals surface area contributed by atoms with Gasteiger partial charge in [0.05, 0.1) is 20.3 Å². The van der Waals surface area contributed by atoms with Crippen LogP contribution >= 0.6 is 0 Å². The molecule has 2 aromatic rings. The minimum absolute atomic E-state index is 0.0475. The monoisotopic (exact) mass is 325 g/mol. The molecule has 0 aliphatic rings. The first-order valence-electron chi connectivity index (χ1n) is 7.81. The number of aryl methyl sites for hydroxylation is 1. The van der Waals surface area contributed by atoms with Crippen LogP contribution in [0.3, 0.4) is 0 Å². The Hall–Kier alpha value is -2.75. The Morgan fingerprint density at radius 3 is 2.46 bits per heavy atom. The zero-order chi connectivity index (χ0) is 17.5.